The third-order valence-electron chi connectivity index (χ3n) is 3.59. The molecule has 20 heavy (non-hydrogen) atoms. The summed E-state index contributed by atoms with van der Waals surface area (Å²) in [4.78, 5) is 12.1. The molecule has 0 heterocycles. The van der Waals surface area contributed by atoms with Crippen molar-refractivity contribution in [3.05, 3.63) is 0 Å². The van der Waals surface area contributed by atoms with Crippen molar-refractivity contribution in [1.82, 2.24) is 5.32 Å². The summed E-state index contributed by atoms with van der Waals surface area (Å²) in [6, 6.07) is 0.491. The number of hydrogen-bond acceptors (Lipinski definition) is 5. The molecule has 0 aliphatic heterocycles. The summed E-state index contributed by atoms with van der Waals surface area (Å²) >= 11 is 1.86. The first-order valence-corrected chi connectivity index (χ1v) is 8.74. The molecule has 5 heteroatoms. The maximum atomic E-state index is 12.1. The van der Waals surface area contributed by atoms with Crippen molar-refractivity contribution < 1.29 is 14.6 Å². The molecule has 1 rings (SSSR count). The summed E-state index contributed by atoms with van der Waals surface area (Å²) in [5.41, 5.74) is -0.544. The van der Waals surface area contributed by atoms with Crippen LogP contribution in [0.2, 0.25) is 0 Å². The van der Waals surface area contributed by atoms with Crippen molar-refractivity contribution in [3.8, 4) is 0 Å². The molecule has 0 aromatic heterocycles. The van der Waals surface area contributed by atoms with Crippen LogP contribution in [0.1, 0.15) is 52.9 Å². The summed E-state index contributed by atoms with van der Waals surface area (Å²) in [5.74, 6) is 0.892. The molecular weight excluding hydrogens is 274 g/mol. The van der Waals surface area contributed by atoms with Crippen LogP contribution in [0.4, 0.5) is 0 Å². The first kappa shape index (κ1) is 17.8. The van der Waals surface area contributed by atoms with Gasteiger partial charge in [-0.3, -0.25) is 10.1 Å². The Labute approximate surface area is 127 Å². The second-order valence-corrected chi connectivity index (χ2v) is 7.31. The summed E-state index contributed by atoms with van der Waals surface area (Å²) in [5, 5.41) is 12.8. The number of aliphatic hydroxyl groups excluding tert-OH is 1. The van der Waals surface area contributed by atoms with Gasteiger partial charge in [0.25, 0.3) is 0 Å². The zero-order valence-electron chi connectivity index (χ0n) is 13.0. The van der Waals surface area contributed by atoms with E-state index >= 15 is 0 Å². The number of hydrogen-bond donors (Lipinski definition) is 2. The molecule has 1 saturated carbocycles. The number of rotatable bonds is 11. The third kappa shape index (κ3) is 6.46. The van der Waals surface area contributed by atoms with Crippen molar-refractivity contribution in [1.29, 1.82) is 0 Å². The molecule has 0 aromatic rings. The Hall–Kier alpha value is -0.260. The van der Waals surface area contributed by atoms with Crippen LogP contribution in [0.3, 0.4) is 0 Å². The van der Waals surface area contributed by atoms with Gasteiger partial charge in [0.1, 0.15) is 5.54 Å². The minimum Gasteiger partial charge on any atom is -0.465 e. The molecule has 2 unspecified atom stereocenters. The normalized spacial score (nSPS) is 19.4. The van der Waals surface area contributed by atoms with E-state index in [1.807, 2.05) is 25.6 Å². The lowest BCUT2D eigenvalue weighted by Gasteiger charge is -2.28. The molecule has 2 N–H and O–H groups in total. The first-order chi connectivity index (χ1) is 9.51. The van der Waals surface area contributed by atoms with Crippen LogP contribution in [-0.4, -0.2) is 46.9 Å². The maximum Gasteiger partial charge on any atom is 0.326 e. The van der Waals surface area contributed by atoms with Crippen LogP contribution in [0.25, 0.3) is 0 Å². The molecule has 2 atom stereocenters. The van der Waals surface area contributed by atoms with E-state index < -0.39 is 5.54 Å². The predicted molar refractivity (Wildman–Crippen MR) is 84.1 cm³/mol. The van der Waals surface area contributed by atoms with Gasteiger partial charge in [0.2, 0.25) is 0 Å². The van der Waals surface area contributed by atoms with E-state index in [1.54, 1.807) is 0 Å². The average molecular weight is 303 g/mol. The highest BCUT2D eigenvalue weighted by atomic mass is 32.2. The molecule has 118 valence electrons. The standard InChI is InChI=1S/C15H29NO3S/c1-4-19-14(18)15(3,16-13-6-7-13)9-5-11-20-12(2)8-10-17/h12-13,16-17H,4-11H2,1-3H3. The van der Waals surface area contributed by atoms with Crippen LogP contribution in [-0.2, 0) is 9.53 Å². The SMILES string of the molecule is CCOC(=O)C(C)(CCCSC(C)CCO)NC1CC1. The molecule has 1 fully saturated rings. The van der Waals surface area contributed by atoms with Gasteiger partial charge in [0, 0.05) is 17.9 Å². The van der Waals surface area contributed by atoms with Crippen LogP contribution in [0.15, 0.2) is 0 Å². The summed E-state index contributed by atoms with van der Waals surface area (Å²) in [6.07, 6.45) is 4.95. The quantitative estimate of drug-likeness (QED) is 0.453. The molecule has 0 aromatic carbocycles. The molecule has 0 bridgehead atoms. The van der Waals surface area contributed by atoms with Crippen molar-refractivity contribution >= 4 is 17.7 Å². The summed E-state index contributed by atoms with van der Waals surface area (Å²) in [6.45, 7) is 6.63. The third-order valence-corrected chi connectivity index (χ3v) is 4.91. The topological polar surface area (TPSA) is 58.6 Å². The van der Waals surface area contributed by atoms with Crippen LogP contribution in [0, 0.1) is 0 Å². The monoisotopic (exact) mass is 303 g/mol. The fraction of sp³-hybridized carbons (Fsp3) is 0.933. The summed E-state index contributed by atoms with van der Waals surface area (Å²) in [7, 11) is 0. The second kappa shape index (κ2) is 8.90. The van der Waals surface area contributed by atoms with E-state index in [9.17, 15) is 4.79 Å². The Morgan fingerprint density at radius 3 is 2.80 bits per heavy atom. The number of nitrogens with one attached hydrogen (secondary N) is 1. The molecule has 0 radical (unpaired) electrons. The Morgan fingerprint density at radius 1 is 1.55 bits per heavy atom. The largest absolute Gasteiger partial charge is 0.465 e. The van der Waals surface area contributed by atoms with Crippen LogP contribution < -0.4 is 5.32 Å². The Kier molecular flexibility index (Phi) is 7.92. The van der Waals surface area contributed by atoms with E-state index in [-0.39, 0.29) is 12.6 Å². The zero-order chi connectivity index (χ0) is 15.0. The Balaban J connectivity index is 2.34. The fourth-order valence-electron chi connectivity index (χ4n) is 2.18. The molecule has 1 aliphatic rings. The van der Waals surface area contributed by atoms with Gasteiger partial charge in [-0.2, -0.15) is 11.8 Å². The van der Waals surface area contributed by atoms with Gasteiger partial charge < -0.3 is 9.84 Å². The lowest BCUT2D eigenvalue weighted by atomic mass is 9.96. The molecular formula is C15H29NO3S. The van der Waals surface area contributed by atoms with E-state index in [4.69, 9.17) is 9.84 Å². The Bertz CT molecular complexity index is 297. The number of carbonyl (C=O) groups excluding carboxylic acids is 1. The highest BCUT2D eigenvalue weighted by Crippen LogP contribution is 2.26. The van der Waals surface area contributed by atoms with Gasteiger partial charge >= 0.3 is 5.97 Å². The van der Waals surface area contributed by atoms with Crippen LogP contribution >= 0.6 is 11.8 Å². The van der Waals surface area contributed by atoms with E-state index in [2.05, 4.69) is 12.2 Å². The van der Waals surface area contributed by atoms with Crippen LogP contribution in [0.5, 0.6) is 0 Å². The lowest BCUT2D eigenvalue weighted by Crippen LogP contribution is -2.51. The van der Waals surface area contributed by atoms with Crippen molar-refractivity contribution in [2.75, 3.05) is 19.0 Å². The molecule has 4 nitrogen and oxygen atoms in total. The fourth-order valence-corrected chi connectivity index (χ4v) is 3.16. The maximum absolute atomic E-state index is 12.1. The van der Waals surface area contributed by atoms with Gasteiger partial charge in [-0.25, -0.2) is 0 Å². The highest BCUT2D eigenvalue weighted by molar-refractivity contribution is 7.99. The van der Waals surface area contributed by atoms with Gasteiger partial charge in [-0.1, -0.05) is 6.92 Å². The second-order valence-electron chi connectivity index (χ2n) is 5.77. The predicted octanol–water partition coefficient (Wildman–Crippen LogP) is 2.34. The summed E-state index contributed by atoms with van der Waals surface area (Å²) < 4.78 is 5.21. The Morgan fingerprint density at radius 2 is 2.25 bits per heavy atom. The van der Waals surface area contributed by atoms with E-state index in [1.165, 1.54) is 0 Å². The number of carbonyl (C=O) groups is 1. The molecule has 0 spiro atoms. The first-order valence-electron chi connectivity index (χ1n) is 7.69. The molecule has 0 saturated heterocycles. The van der Waals surface area contributed by atoms with Gasteiger partial charge in [-0.05, 0) is 51.7 Å². The average Bonchev–Trinajstić information content (AvgIpc) is 3.19. The smallest absolute Gasteiger partial charge is 0.326 e. The molecule has 0 amide bonds. The van der Waals surface area contributed by atoms with Gasteiger partial charge in [0.15, 0.2) is 0 Å². The van der Waals surface area contributed by atoms with E-state index in [0.717, 1.165) is 37.9 Å². The van der Waals surface area contributed by atoms with E-state index in [0.29, 0.717) is 17.9 Å². The van der Waals surface area contributed by atoms with Crippen molar-refractivity contribution in [2.45, 2.75) is 69.7 Å². The number of aliphatic hydroxyl groups is 1. The zero-order valence-corrected chi connectivity index (χ0v) is 13.8. The number of esters is 1. The lowest BCUT2D eigenvalue weighted by molar-refractivity contribution is -0.151. The molecule has 1 aliphatic carbocycles. The minimum absolute atomic E-state index is 0.125. The van der Waals surface area contributed by atoms with Crippen molar-refractivity contribution in [3.63, 3.8) is 0 Å². The minimum atomic E-state index is -0.544. The van der Waals surface area contributed by atoms with Crippen molar-refractivity contribution in [2.24, 2.45) is 0 Å². The highest BCUT2D eigenvalue weighted by Gasteiger charge is 2.39. The van der Waals surface area contributed by atoms with Gasteiger partial charge in [0.05, 0.1) is 6.61 Å². The number of ether oxygens (including phenoxy) is 1. The number of thioether (sulfide) groups is 1. The van der Waals surface area contributed by atoms with Gasteiger partial charge in [-0.15, -0.1) is 0 Å².